The first-order valence-corrected chi connectivity index (χ1v) is 41.3. The largest absolute Gasteiger partial charge is 0.464 e. The lowest BCUT2D eigenvalue weighted by Crippen LogP contribution is -2.36. The average molecular weight is 1610 g/mol. The summed E-state index contributed by atoms with van der Waals surface area (Å²) < 4.78 is 116. The minimum atomic E-state index is -0.114. The van der Waals surface area contributed by atoms with Gasteiger partial charge in [-0.15, -0.1) is 0 Å². The molecule has 12 aliphatic heterocycles. The van der Waals surface area contributed by atoms with E-state index in [1.165, 1.54) is 0 Å². The van der Waals surface area contributed by atoms with Crippen LogP contribution in [0.2, 0.25) is 0 Å². The lowest BCUT2D eigenvalue weighted by Gasteiger charge is -2.23. The van der Waals surface area contributed by atoms with Gasteiger partial charge in [0, 0.05) is 107 Å². The van der Waals surface area contributed by atoms with Gasteiger partial charge in [-0.3, -0.25) is 28.8 Å². The van der Waals surface area contributed by atoms with Gasteiger partial charge in [0.15, 0.2) is 0 Å². The lowest BCUT2D eigenvalue weighted by molar-refractivity contribution is -0.151. The van der Waals surface area contributed by atoms with Gasteiger partial charge >= 0.3 is 35.8 Å². The van der Waals surface area contributed by atoms with Crippen molar-refractivity contribution >= 4 is 35.8 Å². The van der Waals surface area contributed by atoms with Crippen molar-refractivity contribution in [1.82, 2.24) is 31.1 Å². The van der Waals surface area contributed by atoms with Gasteiger partial charge in [-0.05, 0) is 130 Å². The van der Waals surface area contributed by atoms with Gasteiger partial charge in [0.2, 0.25) is 0 Å². The highest BCUT2D eigenvalue weighted by molar-refractivity contribution is 5.76. The Morgan fingerprint density at radius 3 is 0.679 bits per heavy atom. The van der Waals surface area contributed by atoms with Crippen LogP contribution in [-0.4, -0.2) is 360 Å². The van der Waals surface area contributed by atoms with E-state index in [1.54, 1.807) is 28.4 Å². The monoisotopic (exact) mass is 1600 g/mol. The summed E-state index contributed by atoms with van der Waals surface area (Å²) in [5, 5.41) is 12.6. The molecule has 0 aromatic heterocycles. The molecule has 0 radical (unpaired) electrons. The molecule has 18 atom stereocenters. The van der Waals surface area contributed by atoms with Crippen LogP contribution in [0.15, 0.2) is 0 Å². The summed E-state index contributed by atoms with van der Waals surface area (Å²) >= 11 is 0. The average Bonchev–Trinajstić information content (AvgIpc) is 1.71. The molecule has 646 valence electrons. The number of fused-ring (bicyclic) bond motifs is 12. The number of carbonyl (C=O) groups is 6. The van der Waals surface area contributed by atoms with Crippen LogP contribution in [0.1, 0.15) is 116 Å². The van der Waals surface area contributed by atoms with Crippen molar-refractivity contribution in [3.63, 3.8) is 0 Å². The molecule has 112 heavy (non-hydrogen) atoms. The van der Waals surface area contributed by atoms with Crippen LogP contribution >= 0.6 is 0 Å². The second kappa shape index (κ2) is 54.8. The van der Waals surface area contributed by atoms with E-state index in [9.17, 15) is 28.8 Å². The first-order valence-electron chi connectivity index (χ1n) is 41.3. The van der Waals surface area contributed by atoms with Gasteiger partial charge in [0.1, 0.15) is 66.8 Å². The van der Waals surface area contributed by atoms with Crippen LogP contribution in [0.5, 0.6) is 0 Å². The van der Waals surface area contributed by atoms with E-state index >= 15 is 0 Å². The molecule has 0 saturated carbocycles. The van der Waals surface area contributed by atoms with Crippen LogP contribution in [0.25, 0.3) is 0 Å². The molecular formula is C78H136N6O28. The van der Waals surface area contributed by atoms with Crippen molar-refractivity contribution in [3.8, 4) is 0 Å². The molecule has 12 aliphatic rings. The SMILES string of the molecule is CN(CCOC(=O)C1CC2CCC1O2)CCN(C)CCOC(=O)C1CC2CCC1O2.COCCOCOCCNCCOC(=O)C1CC2CCC1O2.COCCOCOCCNCCOC(=O)C1CC2CCC1O2.COCOCCNCCOC(=O)C1CC2CCC1O2.COCOCCNCCOC(=O)C1CC2CCC1O2. The summed E-state index contributed by atoms with van der Waals surface area (Å²) in [5.41, 5.74) is 0. The van der Waals surface area contributed by atoms with Crippen molar-refractivity contribution in [2.75, 3.05) is 241 Å². The van der Waals surface area contributed by atoms with Gasteiger partial charge in [0.25, 0.3) is 0 Å². The van der Waals surface area contributed by atoms with E-state index in [4.69, 9.17) is 104 Å². The molecule has 34 heteroatoms. The zero-order valence-electron chi connectivity index (χ0n) is 67.7. The smallest absolute Gasteiger partial charge is 0.311 e. The van der Waals surface area contributed by atoms with E-state index in [0.29, 0.717) is 171 Å². The third kappa shape index (κ3) is 34.1. The molecule has 0 aromatic rings. The summed E-state index contributed by atoms with van der Waals surface area (Å²) in [6.07, 6.45) is 19.7. The molecule has 0 amide bonds. The molecule has 12 rings (SSSR count). The Kier molecular flexibility index (Phi) is 45.8. The second-order valence-electron chi connectivity index (χ2n) is 30.4. The molecular weight excluding hydrogens is 1470 g/mol. The molecule has 12 fully saturated rings. The fraction of sp³-hybridized carbons (Fsp3) is 0.923. The molecule has 12 bridgehead atoms. The normalized spacial score (nSPS) is 29.4. The molecule has 0 aromatic carbocycles. The number of methoxy groups -OCH3 is 4. The van der Waals surface area contributed by atoms with E-state index in [2.05, 4.69) is 31.1 Å². The van der Waals surface area contributed by atoms with Crippen LogP contribution in [0.3, 0.4) is 0 Å². The van der Waals surface area contributed by atoms with Crippen LogP contribution in [0, 0.1) is 35.5 Å². The van der Waals surface area contributed by atoms with Gasteiger partial charge < -0.3 is 135 Å². The third-order valence-corrected chi connectivity index (χ3v) is 22.1. The predicted molar refractivity (Wildman–Crippen MR) is 401 cm³/mol. The maximum atomic E-state index is 12.2. The summed E-state index contributed by atoms with van der Waals surface area (Å²) in [6.45, 7) is 16.6. The molecule has 0 spiro atoms. The number of esters is 6. The molecule has 12 heterocycles. The quantitative estimate of drug-likeness (QED) is 0.0294. The number of carbonyl (C=O) groups excluding carboxylic acids is 6. The van der Waals surface area contributed by atoms with Crippen molar-refractivity contribution in [3.05, 3.63) is 0 Å². The maximum Gasteiger partial charge on any atom is 0.311 e. The summed E-state index contributed by atoms with van der Waals surface area (Å²) in [5.74, 6) is -0.943. The van der Waals surface area contributed by atoms with E-state index in [0.717, 1.165) is 142 Å². The molecule has 4 N–H and O–H groups in total. The zero-order valence-corrected chi connectivity index (χ0v) is 67.7. The highest BCUT2D eigenvalue weighted by Crippen LogP contribution is 2.44. The minimum Gasteiger partial charge on any atom is -0.464 e. The van der Waals surface area contributed by atoms with Crippen LogP contribution < -0.4 is 21.3 Å². The standard InChI is InChI=1S/C22H36N2O6.2C15H27NO6.2C13H23NO5/c1-23(9-11-27-21(25)17-13-15-3-5-19(17)29-15)7-8-24(2)10-12-28-22(26)18-14-16-4-6-20(18)30-16;2*1-18-8-9-20-11-19-6-4-16-5-7-21-15(17)13-10-12-2-3-14(13)22-12;2*1-16-9-17-6-4-14-5-7-18-13(15)11-8-10-2-3-12(11)19-10/h15-20H,3-14H2,1-2H3;2*12-14,16H,2-11H2,1H3;2*10-12,14H,2-9H2,1H3. The van der Waals surface area contributed by atoms with Gasteiger partial charge in [-0.1, -0.05) is 0 Å². The number of hydrogen-bond donors (Lipinski definition) is 4. The molecule has 12 saturated heterocycles. The van der Waals surface area contributed by atoms with Gasteiger partial charge in [-0.25, -0.2) is 0 Å². The Morgan fingerprint density at radius 1 is 0.259 bits per heavy atom. The number of nitrogens with one attached hydrogen (secondary N) is 4. The Hall–Kier alpha value is -4.06. The third-order valence-electron chi connectivity index (χ3n) is 22.1. The Labute approximate surface area is 662 Å². The zero-order chi connectivity index (χ0) is 79.3. The molecule has 34 nitrogen and oxygen atoms in total. The van der Waals surface area contributed by atoms with E-state index < -0.39 is 0 Å². The minimum absolute atomic E-state index is 0.0382. The fourth-order valence-corrected chi connectivity index (χ4v) is 16.0. The summed E-state index contributed by atoms with van der Waals surface area (Å²) in [4.78, 5) is 76.2. The first-order chi connectivity index (χ1) is 54.7. The van der Waals surface area contributed by atoms with Crippen LogP contribution in [0.4, 0.5) is 0 Å². The summed E-state index contributed by atoms with van der Waals surface area (Å²) in [7, 11) is 10.5. The van der Waals surface area contributed by atoms with Crippen molar-refractivity contribution in [1.29, 1.82) is 0 Å². The maximum absolute atomic E-state index is 12.2. The molecule has 0 aliphatic carbocycles. The number of rotatable bonds is 53. The van der Waals surface area contributed by atoms with E-state index in [-0.39, 0.29) is 146 Å². The van der Waals surface area contributed by atoms with Crippen LogP contribution in [-0.2, 0) is 133 Å². The topological polar surface area (TPSA) is 360 Å². The number of ether oxygens (including phenoxy) is 22. The predicted octanol–water partition coefficient (Wildman–Crippen LogP) is 2.33. The first kappa shape index (κ1) is 93.4. The molecule has 18 unspecified atom stereocenters. The lowest BCUT2D eigenvalue weighted by atomic mass is 9.89. The number of likely N-dealkylation sites (N-methyl/N-ethyl adjacent to an activating group) is 2. The van der Waals surface area contributed by atoms with Gasteiger partial charge in [0.05, 0.1) is 162 Å². The Morgan fingerprint density at radius 2 is 0.473 bits per heavy atom. The summed E-state index contributed by atoms with van der Waals surface area (Å²) in [6, 6.07) is 0. The second-order valence-corrected chi connectivity index (χ2v) is 30.4. The van der Waals surface area contributed by atoms with Crippen molar-refractivity contribution in [2.45, 2.75) is 189 Å². The highest BCUT2D eigenvalue weighted by Gasteiger charge is 2.50. The highest BCUT2D eigenvalue weighted by atomic mass is 16.7. The Bertz CT molecular complexity index is 2450. The number of nitrogens with zero attached hydrogens (tertiary/aromatic N) is 2. The van der Waals surface area contributed by atoms with Crippen molar-refractivity contribution < 1.29 is 133 Å². The number of hydrogen-bond acceptors (Lipinski definition) is 34. The Balaban J connectivity index is 0.000000178. The fourth-order valence-electron chi connectivity index (χ4n) is 16.0. The van der Waals surface area contributed by atoms with Crippen molar-refractivity contribution in [2.24, 2.45) is 35.5 Å². The van der Waals surface area contributed by atoms with E-state index in [1.807, 2.05) is 14.1 Å². The van der Waals surface area contributed by atoms with Gasteiger partial charge in [-0.2, -0.15) is 0 Å².